The first-order chi connectivity index (χ1) is 16.8. The van der Waals surface area contributed by atoms with Gasteiger partial charge in [-0.3, -0.25) is 14.9 Å². The summed E-state index contributed by atoms with van der Waals surface area (Å²) in [5, 5.41) is 14.9. The number of hydrogen-bond donors (Lipinski definition) is 3. The zero-order valence-corrected chi connectivity index (χ0v) is 20.3. The number of fused-ring (bicyclic) bond motifs is 2. The SMILES string of the molecule is CN(C)CC(O)Cn1cc(C2=C(c3c[nH]c4ccccc34)C(=O)NC2=O)c2c(N(C)C)cccc21. The van der Waals surface area contributed by atoms with Crippen LogP contribution < -0.4 is 10.2 Å². The molecule has 8 heteroatoms. The normalized spacial score (nSPS) is 15.0. The Kier molecular flexibility index (Phi) is 5.70. The number of para-hydroxylation sites is 1. The van der Waals surface area contributed by atoms with Crippen LogP contribution in [0.5, 0.6) is 0 Å². The van der Waals surface area contributed by atoms with Crippen molar-refractivity contribution in [3.8, 4) is 0 Å². The van der Waals surface area contributed by atoms with Crippen LogP contribution in [-0.4, -0.2) is 72.2 Å². The third-order valence-electron chi connectivity index (χ3n) is 6.41. The van der Waals surface area contributed by atoms with Crippen molar-refractivity contribution in [3.05, 3.63) is 66.0 Å². The summed E-state index contributed by atoms with van der Waals surface area (Å²) >= 11 is 0. The van der Waals surface area contributed by atoms with Crippen LogP contribution in [0.4, 0.5) is 5.69 Å². The Labute approximate surface area is 203 Å². The highest BCUT2D eigenvalue weighted by Gasteiger charge is 2.35. The number of aliphatic hydroxyl groups is 1. The first-order valence-corrected chi connectivity index (χ1v) is 11.5. The van der Waals surface area contributed by atoms with Gasteiger partial charge in [0.2, 0.25) is 0 Å². The molecule has 3 heterocycles. The van der Waals surface area contributed by atoms with Crippen molar-refractivity contribution < 1.29 is 14.7 Å². The lowest BCUT2D eigenvalue weighted by molar-refractivity contribution is -0.122. The lowest BCUT2D eigenvalue weighted by Gasteiger charge is -2.18. The van der Waals surface area contributed by atoms with E-state index in [0.717, 1.165) is 27.5 Å². The van der Waals surface area contributed by atoms with Crippen LogP contribution in [0.2, 0.25) is 0 Å². The molecule has 3 N–H and O–H groups in total. The van der Waals surface area contributed by atoms with Crippen molar-refractivity contribution in [2.24, 2.45) is 0 Å². The van der Waals surface area contributed by atoms with E-state index in [1.807, 2.05) is 91.2 Å². The Balaban J connectivity index is 1.78. The number of hydrogen-bond acceptors (Lipinski definition) is 5. The molecule has 0 aliphatic carbocycles. The minimum Gasteiger partial charge on any atom is -0.390 e. The van der Waals surface area contributed by atoms with Crippen molar-refractivity contribution in [2.45, 2.75) is 12.6 Å². The predicted octanol–water partition coefficient (Wildman–Crippen LogP) is 2.68. The van der Waals surface area contributed by atoms with E-state index in [9.17, 15) is 14.7 Å². The third kappa shape index (κ3) is 3.90. The summed E-state index contributed by atoms with van der Waals surface area (Å²) in [6, 6.07) is 13.7. The molecule has 5 rings (SSSR count). The molecule has 0 saturated heterocycles. The summed E-state index contributed by atoms with van der Waals surface area (Å²) in [7, 11) is 7.73. The molecule has 1 aliphatic rings. The minimum atomic E-state index is -0.599. The Morgan fingerprint density at radius 3 is 2.37 bits per heavy atom. The summed E-state index contributed by atoms with van der Waals surface area (Å²) in [5.41, 5.74) is 4.77. The number of aliphatic hydroxyl groups excluding tert-OH is 1. The zero-order chi connectivity index (χ0) is 24.9. The molecule has 1 atom stereocenters. The van der Waals surface area contributed by atoms with Gasteiger partial charge in [0, 0.05) is 72.7 Å². The van der Waals surface area contributed by atoms with Crippen molar-refractivity contribution in [1.82, 2.24) is 19.8 Å². The number of imide groups is 1. The molecule has 2 aromatic heterocycles. The molecule has 0 bridgehead atoms. The average molecular weight is 472 g/mol. The summed E-state index contributed by atoms with van der Waals surface area (Å²) in [4.78, 5) is 33.5. The molecule has 8 nitrogen and oxygen atoms in total. The second kappa shape index (κ2) is 8.72. The van der Waals surface area contributed by atoms with Crippen molar-refractivity contribution >= 4 is 50.5 Å². The molecule has 2 amide bonds. The van der Waals surface area contributed by atoms with E-state index in [4.69, 9.17) is 0 Å². The third-order valence-corrected chi connectivity index (χ3v) is 6.41. The number of nitrogens with one attached hydrogen (secondary N) is 2. The van der Waals surface area contributed by atoms with Gasteiger partial charge in [-0.05, 0) is 32.3 Å². The molecule has 1 unspecified atom stereocenters. The molecule has 180 valence electrons. The number of anilines is 1. The highest BCUT2D eigenvalue weighted by atomic mass is 16.3. The first-order valence-electron chi connectivity index (χ1n) is 11.5. The summed E-state index contributed by atoms with van der Waals surface area (Å²) in [6.45, 7) is 0.863. The standard InChI is InChI=1S/C27H29N5O3/c1-30(2)13-16(33)14-32-15-19(23-21(31(3)4)10-7-11-22(23)32)25-24(26(34)29-27(25)35)18-12-28-20-9-6-5-8-17(18)20/h5-12,15-16,28,33H,13-14H2,1-4H3,(H,29,34,35). The smallest absolute Gasteiger partial charge is 0.259 e. The van der Waals surface area contributed by atoms with E-state index in [1.54, 1.807) is 6.20 Å². The van der Waals surface area contributed by atoms with Crippen LogP contribution in [0.25, 0.3) is 33.0 Å². The molecule has 35 heavy (non-hydrogen) atoms. The lowest BCUT2D eigenvalue weighted by atomic mass is 9.95. The number of aromatic amines is 1. The molecule has 1 aliphatic heterocycles. The van der Waals surface area contributed by atoms with Crippen LogP contribution in [0.15, 0.2) is 54.9 Å². The van der Waals surface area contributed by atoms with Gasteiger partial charge >= 0.3 is 0 Å². The average Bonchev–Trinajstić information content (AvgIpc) is 3.46. The molecule has 0 fully saturated rings. The Morgan fingerprint density at radius 2 is 1.66 bits per heavy atom. The lowest BCUT2D eigenvalue weighted by Crippen LogP contribution is -2.29. The van der Waals surface area contributed by atoms with E-state index in [-0.39, 0.29) is 0 Å². The van der Waals surface area contributed by atoms with E-state index in [0.29, 0.717) is 35.4 Å². The fraction of sp³-hybridized carbons (Fsp3) is 0.259. The van der Waals surface area contributed by atoms with Gasteiger partial charge in [-0.15, -0.1) is 0 Å². The monoisotopic (exact) mass is 471 g/mol. The largest absolute Gasteiger partial charge is 0.390 e. The Bertz CT molecular complexity index is 1490. The van der Waals surface area contributed by atoms with Crippen LogP contribution in [0.1, 0.15) is 11.1 Å². The van der Waals surface area contributed by atoms with Crippen LogP contribution >= 0.6 is 0 Å². The number of likely N-dealkylation sites (N-methyl/N-ethyl adjacent to an activating group) is 1. The second-order valence-electron chi connectivity index (χ2n) is 9.46. The topological polar surface area (TPSA) is 93.6 Å². The number of nitrogens with zero attached hydrogens (tertiary/aromatic N) is 3. The second-order valence-corrected chi connectivity index (χ2v) is 9.46. The molecule has 2 aromatic carbocycles. The molecule has 4 aromatic rings. The van der Waals surface area contributed by atoms with E-state index in [2.05, 4.69) is 10.3 Å². The van der Waals surface area contributed by atoms with Gasteiger partial charge in [-0.2, -0.15) is 0 Å². The van der Waals surface area contributed by atoms with Gasteiger partial charge in [0.25, 0.3) is 11.8 Å². The van der Waals surface area contributed by atoms with Gasteiger partial charge in [0.05, 0.1) is 22.8 Å². The maximum atomic E-state index is 13.2. The maximum absolute atomic E-state index is 13.2. The minimum absolute atomic E-state index is 0.347. The number of rotatable bonds is 7. The molecular formula is C27H29N5O3. The highest BCUT2D eigenvalue weighted by molar-refractivity contribution is 6.51. The van der Waals surface area contributed by atoms with Gasteiger partial charge in [-0.25, -0.2) is 0 Å². The number of carbonyl (C=O) groups is 2. The van der Waals surface area contributed by atoms with Crippen LogP contribution in [0, 0.1) is 0 Å². The predicted molar refractivity (Wildman–Crippen MR) is 139 cm³/mol. The van der Waals surface area contributed by atoms with E-state index in [1.165, 1.54) is 0 Å². The van der Waals surface area contributed by atoms with Crippen LogP contribution in [-0.2, 0) is 16.1 Å². The number of carbonyl (C=O) groups excluding carboxylic acids is 2. The van der Waals surface area contributed by atoms with Crippen molar-refractivity contribution in [1.29, 1.82) is 0 Å². The zero-order valence-electron chi connectivity index (χ0n) is 20.3. The van der Waals surface area contributed by atoms with Gasteiger partial charge in [0.1, 0.15) is 0 Å². The molecular weight excluding hydrogens is 442 g/mol. The molecule has 0 radical (unpaired) electrons. The summed E-state index contributed by atoms with van der Waals surface area (Å²) in [5.74, 6) is -0.831. The first kappa shape index (κ1) is 22.9. The van der Waals surface area contributed by atoms with Gasteiger partial charge < -0.3 is 24.5 Å². The number of amides is 2. The summed E-state index contributed by atoms with van der Waals surface area (Å²) < 4.78 is 1.97. The number of benzene rings is 2. The fourth-order valence-corrected chi connectivity index (χ4v) is 5.00. The Hall–Kier alpha value is -3.88. The number of aromatic nitrogens is 2. The quantitative estimate of drug-likeness (QED) is 0.361. The number of H-pyrrole nitrogens is 1. The fourth-order valence-electron chi connectivity index (χ4n) is 5.00. The Morgan fingerprint density at radius 1 is 0.943 bits per heavy atom. The maximum Gasteiger partial charge on any atom is 0.259 e. The molecule has 0 saturated carbocycles. The van der Waals surface area contributed by atoms with E-state index >= 15 is 0 Å². The van der Waals surface area contributed by atoms with Crippen LogP contribution in [0.3, 0.4) is 0 Å². The van der Waals surface area contributed by atoms with Gasteiger partial charge in [0.15, 0.2) is 0 Å². The van der Waals surface area contributed by atoms with Gasteiger partial charge in [-0.1, -0.05) is 24.3 Å². The molecule has 0 spiro atoms. The van der Waals surface area contributed by atoms with Crippen molar-refractivity contribution in [2.75, 3.05) is 39.6 Å². The summed E-state index contributed by atoms with van der Waals surface area (Å²) in [6.07, 6.45) is 3.07. The van der Waals surface area contributed by atoms with E-state index < -0.39 is 17.9 Å². The highest BCUT2D eigenvalue weighted by Crippen LogP contribution is 2.41. The van der Waals surface area contributed by atoms with Crippen molar-refractivity contribution in [3.63, 3.8) is 0 Å².